The number of para-hydroxylation sites is 2. The first-order valence-corrected chi connectivity index (χ1v) is 17.9. The van der Waals surface area contributed by atoms with E-state index in [2.05, 4.69) is 199 Å². The van der Waals surface area contributed by atoms with Gasteiger partial charge in [0, 0.05) is 22.6 Å². The van der Waals surface area contributed by atoms with Crippen molar-refractivity contribution >= 4 is 34.5 Å². The normalized spacial score (nSPS) is 11.4. The van der Waals surface area contributed by atoms with E-state index in [4.69, 9.17) is 0 Å². The molecule has 53 heavy (non-hydrogen) atoms. The molecule has 0 fully saturated rings. The summed E-state index contributed by atoms with van der Waals surface area (Å²) in [5.74, 6) is 0. The summed E-state index contributed by atoms with van der Waals surface area (Å²) >= 11 is 0. The average Bonchev–Trinajstić information content (AvgIpc) is 3.25. The summed E-state index contributed by atoms with van der Waals surface area (Å²) in [6.07, 6.45) is 0.880. The first-order chi connectivity index (χ1) is 26.2. The van der Waals surface area contributed by atoms with Gasteiger partial charge in [0.15, 0.2) is 0 Å². The Morgan fingerprint density at radius 3 is 1.02 bits per heavy atom. The van der Waals surface area contributed by atoms with Crippen molar-refractivity contribution < 1.29 is 4.79 Å². The molecule has 2 heteroatoms. The molecule has 8 aromatic carbocycles. The highest BCUT2D eigenvalue weighted by Crippen LogP contribution is 2.40. The summed E-state index contributed by atoms with van der Waals surface area (Å²) in [6, 6.07) is 76.6. The molecular formula is C51H37NO. The van der Waals surface area contributed by atoms with Crippen LogP contribution in [-0.4, -0.2) is 6.29 Å². The molecule has 0 aliphatic carbocycles. The molecule has 0 saturated carbocycles. The van der Waals surface area contributed by atoms with Crippen LogP contribution < -0.4 is 4.90 Å². The highest BCUT2D eigenvalue weighted by atomic mass is 16.1. The lowest BCUT2D eigenvalue weighted by Crippen LogP contribution is -2.09. The van der Waals surface area contributed by atoms with Crippen LogP contribution in [0.3, 0.4) is 0 Å². The van der Waals surface area contributed by atoms with Crippen LogP contribution in [0.2, 0.25) is 0 Å². The van der Waals surface area contributed by atoms with E-state index in [1.165, 1.54) is 11.1 Å². The molecule has 0 bridgehead atoms. The summed E-state index contributed by atoms with van der Waals surface area (Å²) in [7, 11) is 0. The Morgan fingerprint density at radius 2 is 0.604 bits per heavy atom. The van der Waals surface area contributed by atoms with Gasteiger partial charge >= 0.3 is 0 Å². The van der Waals surface area contributed by atoms with E-state index in [9.17, 15) is 4.79 Å². The van der Waals surface area contributed by atoms with Gasteiger partial charge in [-0.25, -0.2) is 0 Å². The third-order valence-electron chi connectivity index (χ3n) is 9.59. The number of hydrogen-bond acceptors (Lipinski definition) is 2. The first-order valence-electron chi connectivity index (χ1n) is 17.9. The third kappa shape index (κ3) is 7.26. The van der Waals surface area contributed by atoms with Crippen LogP contribution in [0.4, 0.5) is 17.1 Å². The first kappa shape index (κ1) is 33.1. The highest BCUT2D eigenvalue weighted by molar-refractivity contribution is 6.05. The van der Waals surface area contributed by atoms with Gasteiger partial charge in [0.25, 0.3) is 0 Å². The molecule has 0 radical (unpaired) electrons. The zero-order chi connectivity index (χ0) is 35.8. The number of carbonyl (C=O) groups excluding carboxylic acids is 1. The lowest BCUT2D eigenvalue weighted by Gasteiger charge is -2.26. The summed E-state index contributed by atoms with van der Waals surface area (Å²) in [4.78, 5) is 13.6. The zero-order valence-electron chi connectivity index (χ0n) is 29.2. The van der Waals surface area contributed by atoms with E-state index in [-0.39, 0.29) is 0 Å². The van der Waals surface area contributed by atoms with E-state index in [1.54, 1.807) is 0 Å². The molecule has 0 aliphatic heterocycles. The van der Waals surface area contributed by atoms with Crippen molar-refractivity contribution in [1.29, 1.82) is 0 Å². The van der Waals surface area contributed by atoms with E-state index >= 15 is 0 Å². The number of hydrogen-bond donors (Lipinski definition) is 0. The summed E-state index contributed by atoms with van der Waals surface area (Å²) in [5, 5.41) is 0. The SMILES string of the molecule is O=Cc1ccc(-c2ccc(/C(=C(\c3ccccc3)c3ccc(N(c4ccccc4)c4ccccc4)cc3)c3ccc(-c4ccccc4)cc3)cc2)cc1. The van der Waals surface area contributed by atoms with Gasteiger partial charge in [-0.05, 0) is 92.1 Å². The van der Waals surface area contributed by atoms with Crippen LogP contribution in [0.15, 0.2) is 218 Å². The number of nitrogens with zero attached hydrogens (tertiary/aromatic N) is 1. The molecular weight excluding hydrogens is 643 g/mol. The molecule has 0 aromatic heterocycles. The Balaban J connectivity index is 1.29. The quantitative estimate of drug-likeness (QED) is 0.106. The fourth-order valence-electron chi connectivity index (χ4n) is 6.94. The Hall–Kier alpha value is -7.03. The molecule has 2 nitrogen and oxygen atoms in total. The number of rotatable bonds is 10. The smallest absolute Gasteiger partial charge is 0.150 e. The largest absolute Gasteiger partial charge is 0.311 e. The third-order valence-corrected chi connectivity index (χ3v) is 9.59. The van der Waals surface area contributed by atoms with Gasteiger partial charge in [-0.15, -0.1) is 0 Å². The molecule has 0 unspecified atom stereocenters. The molecule has 0 aliphatic rings. The van der Waals surface area contributed by atoms with Gasteiger partial charge in [-0.2, -0.15) is 0 Å². The Morgan fingerprint density at radius 1 is 0.302 bits per heavy atom. The fourth-order valence-corrected chi connectivity index (χ4v) is 6.94. The van der Waals surface area contributed by atoms with Crippen molar-refractivity contribution in [3.63, 3.8) is 0 Å². The monoisotopic (exact) mass is 679 g/mol. The number of aldehydes is 1. The lowest BCUT2D eigenvalue weighted by atomic mass is 9.85. The maximum Gasteiger partial charge on any atom is 0.150 e. The second-order valence-electron chi connectivity index (χ2n) is 12.9. The van der Waals surface area contributed by atoms with E-state index in [0.29, 0.717) is 5.56 Å². The Kier molecular flexibility index (Phi) is 9.67. The topological polar surface area (TPSA) is 20.3 Å². The Labute approximate surface area is 311 Å². The summed E-state index contributed by atoms with van der Waals surface area (Å²) in [5.41, 5.74) is 15.3. The summed E-state index contributed by atoms with van der Waals surface area (Å²) < 4.78 is 0. The Bertz CT molecular complexity index is 2400. The second-order valence-corrected chi connectivity index (χ2v) is 12.9. The van der Waals surface area contributed by atoms with E-state index in [0.717, 1.165) is 67.9 Å². The summed E-state index contributed by atoms with van der Waals surface area (Å²) in [6.45, 7) is 0. The van der Waals surface area contributed by atoms with Gasteiger partial charge in [-0.3, -0.25) is 4.79 Å². The van der Waals surface area contributed by atoms with Crippen LogP contribution in [0.5, 0.6) is 0 Å². The predicted molar refractivity (Wildman–Crippen MR) is 222 cm³/mol. The zero-order valence-corrected chi connectivity index (χ0v) is 29.2. The minimum Gasteiger partial charge on any atom is -0.311 e. The maximum absolute atomic E-state index is 11.3. The van der Waals surface area contributed by atoms with Crippen molar-refractivity contribution in [2.24, 2.45) is 0 Å². The van der Waals surface area contributed by atoms with Gasteiger partial charge in [-0.1, -0.05) is 182 Å². The van der Waals surface area contributed by atoms with Gasteiger partial charge in [0.1, 0.15) is 6.29 Å². The molecule has 252 valence electrons. The van der Waals surface area contributed by atoms with E-state index in [1.807, 2.05) is 24.3 Å². The van der Waals surface area contributed by atoms with Gasteiger partial charge in [0.2, 0.25) is 0 Å². The van der Waals surface area contributed by atoms with Crippen LogP contribution in [-0.2, 0) is 0 Å². The highest BCUT2D eigenvalue weighted by Gasteiger charge is 2.18. The van der Waals surface area contributed by atoms with Crippen molar-refractivity contribution in [2.75, 3.05) is 4.90 Å². The number of anilines is 3. The molecule has 8 aromatic rings. The van der Waals surface area contributed by atoms with Crippen LogP contribution >= 0.6 is 0 Å². The average molecular weight is 680 g/mol. The molecule has 0 heterocycles. The predicted octanol–water partition coefficient (Wildman–Crippen LogP) is 13.3. The number of benzene rings is 8. The number of carbonyl (C=O) groups is 1. The molecule has 0 N–H and O–H groups in total. The molecule has 8 rings (SSSR count). The van der Waals surface area contributed by atoms with Crippen molar-refractivity contribution in [1.82, 2.24) is 0 Å². The molecule has 0 amide bonds. The second kappa shape index (κ2) is 15.5. The van der Waals surface area contributed by atoms with Gasteiger partial charge in [0.05, 0.1) is 0 Å². The molecule has 0 atom stereocenters. The van der Waals surface area contributed by atoms with Crippen LogP contribution in [0.1, 0.15) is 32.6 Å². The van der Waals surface area contributed by atoms with Crippen molar-refractivity contribution in [3.05, 3.63) is 246 Å². The maximum atomic E-state index is 11.3. The molecule has 0 spiro atoms. The van der Waals surface area contributed by atoms with Crippen LogP contribution in [0.25, 0.3) is 33.4 Å². The fraction of sp³-hybridized carbons (Fsp3) is 0. The van der Waals surface area contributed by atoms with Crippen LogP contribution in [0, 0.1) is 0 Å². The van der Waals surface area contributed by atoms with Crippen molar-refractivity contribution in [3.8, 4) is 22.3 Å². The minimum atomic E-state index is 0.670. The van der Waals surface area contributed by atoms with Crippen molar-refractivity contribution in [2.45, 2.75) is 0 Å². The minimum absolute atomic E-state index is 0.670. The van der Waals surface area contributed by atoms with Gasteiger partial charge < -0.3 is 4.90 Å². The van der Waals surface area contributed by atoms with E-state index < -0.39 is 0 Å². The lowest BCUT2D eigenvalue weighted by molar-refractivity contribution is 0.112. The standard InChI is InChI=1S/C51H37NO/c53-37-38-21-23-40(24-22-38)42-27-31-45(32-28-42)51(44-29-25-41(26-30-44)39-13-5-1-6-14-39)50(43-15-7-2-8-16-43)46-33-35-49(36-34-46)52(47-17-9-3-10-18-47)48-19-11-4-12-20-48/h1-37H/b51-50+. The molecule has 0 saturated heterocycles.